The van der Waals surface area contributed by atoms with E-state index in [1.54, 1.807) is 6.92 Å². The van der Waals surface area contributed by atoms with Gasteiger partial charge in [-0.15, -0.1) is 0 Å². The molecule has 8 heteroatoms. The van der Waals surface area contributed by atoms with Gasteiger partial charge in [-0.05, 0) is 31.2 Å². The van der Waals surface area contributed by atoms with E-state index in [1.165, 1.54) is 24.3 Å². The molecule has 1 aromatic heterocycles. The van der Waals surface area contributed by atoms with E-state index in [-0.39, 0.29) is 6.54 Å². The minimum Gasteiger partial charge on any atom is -0.282 e. The maximum atomic E-state index is 13.6. The number of nitrogens with one attached hydrogen (secondary N) is 1. The van der Waals surface area contributed by atoms with Crippen molar-refractivity contribution in [2.45, 2.75) is 18.4 Å². The molecule has 0 saturated carbocycles. The molecule has 1 aromatic carbocycles. The van der Waals surface area contributed by atoms with Gasteiger partial charge in [-0.1, -0.05) is 11.6 Å². The van der Waals surface area contributed by atoms with Crippen LogP contribution in [0.15, 0.2) is 40.2 Å². The second-order valence-corrected chi connectivity index (χ2v) is 5.68. The Morgan fingerprint density at radius 1 is 1.35 bits per heavy atom. The summed E-state index contributed by atoms with van der Waals surface area (Å²) in [5, 5.41) is 7.93. The summed E-state index contributed by atoms with van der Waals surface area (Å²) < 4.78 is 27.6. The van der Waals surface area contributed by atoms with Gasteiger partial charge in [-0.25, -0.2) is 17.4 Å². The molecule has 5 nitrogen and oxygen atoms in total. The van der Waals surface area contributed by atoms with Crippen molar-refractivity contribution < 1.29 is 8.60 Å². The van der Waals surface area contributed by atoms with Gasteiger partial charge in [0.15, 0.2) is 22.3 Å². The Bertz CT molecular complexity index is 783. The first kappa shape index (κ1) is 14.7. The van der Waals surface area contributed by atoms with Crippen LogP contribution in [0.4, 0.5) is 4.39 Å². The number of nitrogens with zero attached hydrogens (tertiary/aromatic N) is 2. The van der Waals surface area contributed by atoms with E-state index in [0.29, 0.717) is 9.92 Å². The third-order valence-corrected chi connectivity index (χ3v) is 4.20. The lowest BCUT2D eigenvalue weighted by Crippen LogP contribution is -2.41. The molecule has 0 amide bonds. The minimum atomic E-state index is -1.90. The van der Waals surface area contributed by atoms with Gasteiger partial charge in [0.05, 0.1) is 11.1 Å². The number of halogens is 2. The largest absolute Gasteiger partial charge is 0.342 e. The molecule has 1 atom stereocenters. The van der Waals surface area contributed by atoms with Crippen LogP contribution in [0.5, 0.6) is 0 Å². The molecule has 1 N–H and O–H groups in total. The lowest BCUT2D eigenvalue weighted by Gasteiger charge is -2.09. The number of hydrogen-bond acceptors (Lipinski definition) is 3. The molecule has 2 aromatic rings. The Morgan fingerprint density at radius 2 is 1.95 bits per heavy atom. The average molecular weight is 316 g/mol. The topological polar surface area (TPSA) is 67.8 Å². The van der Waals surface area contributed by atoms with Crippen molar-refractivity contribution in [3.05, 3.63) is 57.3 Å². The van der Waals surface area contributed by atoms with E-state index in [0.717, 1.165) is 14.7 Å². The molecule has 1 heterocycles. The summed E-state index contributed by atoms with van der Waals surface area (Å²) in [6, 6.07) is 6.05. The predicted octanol–water partition coefficient (Wildman–Crippen LogP) is 1.51. The minimum absolute atomic E-state index is 0.118. The van der Waals surface area contributed by atoms with E-state index < -0.39 is 28.0 Å². The van der Waals surface area contributed by atoms with Crippen LogP contribution in [-0.2, 0) is 17.5 Å². The first-order chi connectivity index (χ1) is 9.45. The summed E-state index contributed by atoms with van der Waals surface area (Å²) in [5.74, 6) is -0.909. The third-order valence-electron chi connectivity index (χ3n) is 2.66. The Labute approximate surface area is 121 Å². The third kappa shape index (κ3) is 2.59. The normalized spacial score (nSPS) is 12.3. The predicted molar refractivity (Wildman–Crippen MR) is 73.4 cm³/mol. The van der Waals surface area contributed by atoms with Crippen LogP contribution in [-0.4, -0.2) is 12.7 Å². The first-order valence-corrected chi connectivity index (χ1v) is 7.18. The smallest absolute Gasteiger partial charge is 0.282 e. The lowest BCUT2D eigenvalue weighted by molar-refractivity contribution is 0.526. The fourth-order valence-corrected chi connectivity index (χ4v) is 2.79. The summed E-state index contributed by atoms with van der Waals surface area (Å²) in [6.07, 6.45) is 0.779. The summed E-state index contributed by atoms with van der Waals surface area (Å²) in [6.45, 7) is 1.72. The molecule has 2 rings (SSSR count). The van der Waals surface area contributed by atoms with Crippen molar-refractivity contribution in [2.75, 3.05) is 0 Å². The van der Waals surface area contributed by atoms with Crippen LogP contribution in [0.25, 0.3) is 0 Å². The van der Waals surface area contributed by atoms with Gasteiger partial charge in [0.2, 0.25) is 0 Å². The van der Waals surface area contributed by atoms with Crippen LogP contribution in [0, 0.1) is 11.2 Å². The van der Waals surface area contributed by atoms with Crippen LogP contribution in [0.2, 0.25) is 5.02 Å². The van der Waals surface area contributed by atoms with E-state index >= 15 is 0 Å². The maximum Gasteiger partial charge on any atom is 0.342 e. The molecule has 0 bridgehead atoms. The van der Waals surface area contributed by atoms with Crippen LogP contribution in [0.1, 0.15) is 6.92 Å². The molecule has 106 valence electrons. The number of aromatic nitrogens is 2. The molecule has 0 aliphatic rings. The Hall–Kier alpha value is -1.73. The zero-order chi connectivity index (χ0) is 14.9. The van der Waals surface area contributed by atoms with Gasteiger partial charge in [0, 0.05) is 11.6 Å². The molecular formula is C12H11ClFN3O2S. The van der Waals surface area contributed by atoms with Gasteiger partial charge >= 0.3 is 5.69 Å². The van der Waals surface area contributed by atoms with Crippen molar-refractivity contribution in [3.8, 4) is 0 Å². The molecular weight excluding hydrogens is 305 g/mol. The highest BCUT2D eigenvalue weighted by Gasteiger charge is 2.14. The first-order valence-electron chi connectivity index (χ1n) is 5.70. The number of benzene rings is 1. The molecule has 0 radical (unpaired) electrons. The standard InChI is InChI=1S/C12H11ClFN3O2S/c1-2-16-11(15)10(14)7-17(12(16)18)20(19)9-5-3-8(13)4-6-9/h3-7,15H,2H2,1H3. The van der Waals surface area contributed by atoms with Gasteiger partial charge in [-0.2, -0.15) is 0 Å². The van der Waals surface area contributed by atoms with Gasteiger partial charge in [0.25, 0.3) is 0 Å². The molecule has 0 aliphatic carbocycles. The van der Waals surface area contributed by atoms with E-state index in [4.69, 9.17) is 17.0 Å². The summed E-state index contributed by atoms with van der Waals surface area (Å²) >= 11 is 5.73. The van der Waals surface area contributed by atoms with Crippen molar-refractivity contribution in [2.24, 2.45) is 0 Å². The second-order valence-electron chi connectivity index (χ2n) is 3.88. The molecule has 1 unspecified atom stereocenters. The highest BCUT2D eigenvalue weighted by molar-refractivity contribution is 7.83. The van der Waals surface area contributed by atoms with Crippen LogP contribution in [0.3, 0.4) is 0 Å². The van der Waals surface area contributed by atoms with Gasteiger partial charge in [-0.3, -0.25) is 9.98 Å². The van der Waals surface area contributed by atoms with E-state index in [1.807, 2.05) is 0 Å². The quantitative estimate of drug-likeness (QED) is 0.933. The van der Waals surface area contributed by atoms with Gasteiger partial charge < -0.3 is 0 Å². The van der Waals surface area contributed by atoms with Crippen molar-refractivity contribution >= 4 is 22.6 Å². The average Bonchev–Trinajstić information content (AvgIpc) is 2.43. The monoisotopic (exact) mass is 315 g/mol. The van der Waals surface area contributed by atoms with E-state index in [2.05, 4.69) is 0 Å². The SMILES string of the molecule is CCn1c(=N)c(F)cn(S(=O)c2ccc(Cl)cc2)c1=O. The van der Waals surface area contributed by atoms with Crippen molar-refractivity contribution in [1.29, 1.82) is 5.41 Å². The summed E-state index contributed by atoms with van der Waals surface area (Å²) in [7, 11) is -1.90. The molecule has 0 spiro atoms. The highest BCUT2D eigenvalue weighted by atomic mass is 35.5. The van der Waals surface area contributed by atoms with Crippen LogP contribution >= 0.6 is 11.6 Å². The molecule has 0 aliphatic heterocycles. The van der Waals surface area contributed by atoms with Gasteiger partial charge in [0.1, 0.15) is 0 Å². The fourth-order valence-electron chi connectivity index (χ4n) is 1.64. The van der Waals surface area contributed by atoms with E-state index in [9.17, 15) is 13.4 Å². The second kappa shape index (κ2) is 5.72. The summed E-state index contributed by atoms with van der Waals surface area (Å²) in [5.41, 5.74) is -1.23. The Morgan fingerprint density at radius 3 is 2.50 bits per heavy atom. The maximum absolute atomic E-state index is 13.6. The number of hydrogen-bond donors (Lipinski definition) is 1. The number of rotatable bonds is 3. The molecule has 20 heavy (non-hydrogen) atoms. The molecule has 0 saturated heterocycles. The lowest BCUT2D eigenvalue weighted by atomic mass is 10.4. The summed E-state index contributed by atoms with van der Waals surface area (Å²) in [4.78, 5) is 12.4. The zero-order valence-corrected chi connectivity index (χ0v) is 12.0. The van der Waals surface area contributed by atoms with Crippen LogP contribution < -0.4 is 11.2 Å². The fraction of sp³-hybridized carbons (Fsp3) is 0.167. The Balaban J connectivity index is 2.61. The van der Waals surface area contributed by atoms with Crippen molar-refractivity contribution in [1.82, 2.24) is 8.54 Å². The highest BCUT2D eigenvalue weighted by Crippen LogP contribution is 2.13. The zero-order valence-electron chi connectivity index (χ0n) is 10.5. The molecule has 0 fully saturated rings. The van der Waals surface area contributed by atoms with Crippen molar-refractivity contribution in [3.63, 3.8) is 0 Å². The Kier molecular flexibility index (Phi) is 4.20.